The summed E-state index contributed by atoms with van der Waals surface area (Å²) in [7, 11) is 0. The Kier molecular flexibility index (Phi) is 14.0. The average Bonchev–Trinajstić information content (AvgIpc) is 2.68. The highest BCUT2D eigenvalue weighted by Crippen LogP contribution is 2.36. The minimum Gasteiger partial charge on any atom is -0.353 e. The molecule has 4 heteroatoms. The summed E-state index contributed by atoms with van der Waals surface area (Å²) < 4.78 is 0. The van der Waals surface area contributed by atoms with Crippen molar-refractivity contribution in [1.29, 1.82) is 0 Å². The van der Waals surface area contributed by atoms with Crippen LogP contribution in [0.25, 0.3) is 0 Å². The van der Waals surface area contributed by atoms with Crippen LogP contribution in [-0.4, -0.2) is 33.3 Å². The zero-order chi connectivity index (χ0) is 23.2. The van der Waals surface area contributed by atoms with Gasteiger partial charge in [0.05, 0.1) is 0 Å². The number of carbonyl (C=O) groups excluding carboxylic acids is 1. The van der Waals surface area contributed by atoms with Gasteiger partial charge in [-0.25, -0.2) is 0 Å². The third-order valence-corrected chi connectivity index (χ3v) is 7.01. The maximum Gasteiger partial charge on any atom is 0.220 e. The molecule has 1 saturated heterocycles. The van der Waals surface area contributed by atoms with Gasteiger partial charge in [0.25, 0.3) is 0 Å². The monoisotopic (exact) mass is 438 g/mol. The van der Waals surface area contributed by atoms with Crippen molar-refractivity contribution in [3.63, 3.8) is 0 Å². The summed E-state index contributed by atoms with van der Waals surface area (Å²) in [6, 6.07) is 0.150. The van der Waals surface area contributed by atoms with Gasteiger partial charge < -0.3 is 10.5 Å². The number of hydrogen-bond donors (Lipinski definition) is 2. The molecule has 0 aromatic carbocycles. The number of unbranched alkanes of at least 4 members (excludes halogenated alkanes) is 14. The van der Waals surface area contributed by atoms with Gasteiger partial charge in [0.2, 0.25) is 5.91 Å². The molecule has 2 N–H and O–H groups in total. The first-order valence-corrected chi connectivity index (χ1v) is 13.5. The molecular formula is C27H54N2O2. The summed E-state index contributed by atoms with van der Waals surface area (Å²) in [5, 5.41) is 15.1. The second kappa shape index (κ2) is 15.3. The van der Waals surface area contributed by atoms with Gasteiger partial charge in [0.15, 0.2) is 0 Å². The topological polar surface area (TPSA) is 52.6 Å². The molecule has 1 rings (SSSR count). The Labute approximate surface area is 193 Å². The first-order valence-electron chi connectivity index (χ1n) is 13.5. The molecule has 1 aliphatic rings. The van der Waals surface area contributed by atoms with Crippen molar-refractivity contribution in [2.24, 2.45) is 0 Å². The Balaban J connectivity index is 1.95. The van der Waals surface area contributed by atoms with Crippen LogP contribution in [0.15, 0.2) is 0 Å². The summed E-state index contributed by atoms with van der Waals surface area (Å²) in [6.07, 6.45) is 22.4. The SMILES string of the molecule is CCCCCCCCCCCCCCCCCC(=O)NC1CC(C)(C)N(O)C(C)(C)C1. The fourth-order valence-electron chi connectivity index (χ4n) is 5.33. The van der Waals surface area contributed by atoms with Gasteiger partial charge in [0.1, 0.15) is 0 Å². The lowest BCUT2D eigenvalue weighted by Crippen LogP contribution is -2.62. The number of rotatable bonds is 17. The molecule has 0 bridgehead atoms. The highest BCUT2D eigenvalue weighted by Gasteiger charge is 2.45. The number of nitrogens with zero attached hydrogens (tertiary/aromatic N) is 1. The molecular weight excluding hydrogens is 384 g/mol. The zero-order valence-electron chi connectivity index (χ0n) is 21.6. The maximum absolute atomic E-state index is 12.4. The van der Waals surface area contributed by atoms with E-state index in [4.69, 9.17) is 0 Å². The molecule has 0 aromatic rings. The lowest BCUT2D eigenvalue weighted by Gasteiger charge is -2.51. The molecule has 0 radical (unpaired) electrons. The van der Waals surface area contributed by atoms with E-state index in [0.29, 0.717) is 6.42 Å². The van der Waals surface area contributed by atoms with E-state index in [-0.39, 0.29) is 23.0 Å². The predicted molar refractivity (Wildman–Crippen MR) is 132 cm³/mol. The highest BCUT2D eigenvalue weighted by atomic mass is 16.5. The normalized spacial score (nSPS) is 18.9. The number of hydroxylamine groups is 2. The molecule has 0 atom stereocenters. The Bertz CT molecular complexity index is 458. The molecule has 4 nitrogen and oxygen atoms in total. The van der Waals surface area contributed by atoms with E-state index in [0.717, 1.165) is 25.7 Å². The maximum atomic E-state index is 12.4. The second-order valence-corrected chi connectivity index (χ2v) is 11.3. The summed E-state index contributed by atoms with van der Waals surface area (Å²) >= 11 is 0. The third-order valence-electron chi connectivity index (χ3n) is 7.01. The van der Waals surface area contributed by atoms with Gasteiger partial charge in [-0.1, -0.05) is 96.8 Å². The van der Waals surface area contributed by atoms with Gasteiger partial charge in [-0.15, -0.1) is 0 Å². The van der Waals surface area contributed by atoms with Gasteiger partial charge in [0, 0.05) is 23.5 Å². The molecule has 1 fully saturated rings. The van der Waals surface area contributed by atoms with Crippen LogP contribution >= 0.6 is 0 Å². The quantitative estimate of drug-likeness (QED) is 0.228. The van der Waals surface area contributed by atoms with Crippen LogP contribution in [0.1, 0.15) is 150 Å². The first kappa shape index (κ1) is 28.4. The van der Waals surface area contributed by atoms with Crippen LogP contribution in [0.5, 0.6) is 0 Å². The molecule has 1 amide bonds. The molecule has 1 aliphatic heterocycles. The fourth-order valence-corrected chi connectivity index (χ4v) is 5.33. The van der Waals surface area contributed by atoms with Crippen LogP contribution in [0.4, 0.5) is 0 Å². The van der Waals surface area contributed by atoms with Crippen molar-refractivity contribution in [3.8, 4) is 0 Å². The number of piperidine rings is 1. The van der Waals surface area contributed by atoms with Crippen LogP contribution < -0.4 is 5.32 Å². The molecule has 0 saturated carbocycles. The Morgan fingerprint density at radius 3 is 1.48 bits per heavy atom. The molecule has 0 aromatic heterocycles. The van der Waals surface area contributed by atoms with Crippen molar-refractivity contribution in [2.45, 2.75) is 167 Å². The van der Waals surface area contributed by atoms with E-state index in [9.17, 15) is 10.0 Å². The molecule has 184 valence electrons. The van der Waals surface area contributed by atoms with Gasteiger partial charge in [-0.2, -0.15) is 5.06 Å². The Morgan fingerprint density at radius 2 is 1.10 bits per heavy atom. The highest BCUT2D eigenvalue weighted by molar-refractivity contribution is 5.76. The van der Waals surface area contributed by atoms with E-state index < -0.39 is 0 Å². The third kappa shape index (κ3) is 12.3. The zero-order valence-corrected chi connectivity index (χ0v) is 21.6. The van der Waals surface area contributed by atoms with Gasteiger partial charge in [-0.05, 0) is 47.0 Å². The number of carbonyl (C=O) groups is 1. The largest absolute Gasteiger partial charge is 0.353 e. The van der Waals surface area contributed by atoms with Crippen molar-refractivity contribution < 1.29 is 10.0 Å². The average molecular weight is 439 g/mol. The molecule has 31 heavy (non-hydrogen) atoms. The van der Waals surface area contributed by atoms with Crippen molar-refractivity contribution in [3.05, 3.63) is 0 Å². The second-order valence-electron chi connectivity index (χ2n) is 11.3. The molecule has 0 unspecified atom stereocenters. The minimum atomic E-state index is -0.311. The summed E-state index contributed by atoms with van der Waals surface area (Å²) in [5.41, 5.74) is -0.622. The Morgan fingerprint density at radius 1 is 0.742 bits per heavy atom. The fraction of sp³-hybridized carbons (Fsp3) is 0.963. The van der Waals surface area contributed by atoms with E-state index in [2.05, 4.69) is 12.2 Å². The summed E-state index contributed by atoms with van der Waals surface area (Å²) in [4.78, 5) is 12.4. The molecule has 0 spiro atoms. The minimum absolute atomic E-state index is 0.150. The van der Waals surface area contributed by atoms with Crippen LogP contribution in [0, 0.1) is 0 Å². The first-order chi connectivity index (χ1) is 14.7. The molecule has 1 heterocycles. The van der Waals surface area contributed by atoms with E-state index in [1.807, 2.05) is 27.7 Å². The van der Waals surface area contributed by atoms with Crippen molar-refractivity contribution in [1.82, 2.24) is 10.4 Å². The predicted octanol–water partition coefficient (Wildman–Crippen LogP) is 7.77. The van der Waals surface area contributed by atoms with Crippen LogP contribution in [0.2, 0.25) is 0 Å². The van der Waals surface area contributed by atoms with E-state index >= 15 is 0 Å². The summed E-state index contributed by atoms with van der Waals surface area (Å²) in [5.74, 6) is 0.178. The Hall–Kier alpha value is -0.610. The van der Waals surface area contributed by atoms with Gasteiger partial charge in [-0.3, -0.25) is 4.79 Å². The standard InChI is InChI=1S/C27H54N2O2/c1-6-7-8-9-10-11-12-13-14-15-16-17-18-19-20-21-25(30)28-24-22-26(2,3)29(31)27(4,5)23-24/h24,31H,6-23H2,1-5H3,(H,28,30). The van der Waals surface area contributed by atoms with E-state index in [1.54, 1.807) is 0 Å². The van der Waals surface area contributed by atoms with Crippen LogP contribution in [-0.2, 0) is 4.79 Å². The smallest absolute Gasteiger partial charge is 0.220 e. The summed E-state index contributed by atoms with van der Waals surface area (Å²) in [6.45, 7) is 10.5. The van der Waals surface area contributed by atoms with Crippen LogP contribution in [0.3, 0.4) is 0 Å². The van der Waals surface area contributed by atoms with E-state index in [1.165, 1.54) is 88.5 Å². The lowest BCUT2D eigenvalue weighted by atomic mass is 9.79. The van der Waals surface area contributed by atoms with Crippen molar-refractivity contribution in [2.75, 3.05) is 0 Å². The number of amides is 1. The van der Waals surface area contributed by atoms with Crippen molar-refractivity contribution >= 4 is 5.91 Å². The number of nitrogens with one attached hydrogen (secondary N) is 1. The lowest BCUT2D eigenvalue weighted by molar-refractivity contribution is -0.246. The van der Waals surface area contributed by atoms with Gasteiger partial charge >= 0.3 is 0 Å². The number of hydrogen-bond acceptors (Lipinski definition) is 3. The molecule has 0 aliphatic carbocycles.